The van der Waals surface area contributed by atoms with Crippen molar-refractivity contribution in [1.82, 2.24) is 0 Å². The number of amides is 1. The van der Waals surface area contributed by atoms with Gasteiger partial charge in [0, 0.05) is 24.9 Å². The third kappa shape index (κ3) is 4.17. The Bertz CT molecular complexity index is 907. The number of para-hydroxylation sites is 1. The summed E-state index contributed by atoms with van der Waals surface area (Å²) in [6.45, 7) is 2.59. The fourth-order valence-electron chi connectivity index (χ4n) is 2.77. The summed E-state index contributed by atoms with van der Waals surface area (Å²) in [5, 5.41) is 3.42. The highest BCUT2D eigenvalue weighted by Gasteiger charge is 2.19. The summed E-state index contributed by atoms with van der Waals surface area (Å²) in [5.74, 6) is -0.332. The zero-order valence-electron chi connectivity index (χ0n) is 14.2. The summed E-state index contributed by atoms with van der Waals surface area (Å²) < 4.78 is 28.4. The van der Waals surface area contributed by atoms with Crippen molar-refractivity contribution in [2.45, 2.75) is 4.90 Å². The molecule has 1 N–H and O–H groups in total. The molecular formula is C18H19ClN2O4S. The molecule has 0 radical (unpaired) electrons. The van der Waals surface area contributed by atoms with Gasteiger partial charge in [-0.3, -0.25) is 4.79 Å². The first kappa shape index (κ1) is 18.7. The van der Waals surface area contributed by atoms with E-state index in [2.05, 4.69) is 10.2 Å². The lowest BCUT2D eigenvalue weighted by molar-refractivity contribution is 0.102. The van der Waals surface area contributed by atoms with Crippen LogP contribution in [0, 0.1) is 0 Å². The first-order chi connectivity index (χ1) is 12.4. The monoisotopic (exact) mass is 394 g/mol. The van der Waals surface area contributed by atoms with Crippen LogP contribution in [0.2, 0.25) is 5.02 Å². The summed E-state index contributed by atoms with van der Waals surface area (Å²) in [4.78, 5) is 14.8. The second-order valence-electron chi connectivity index (χ2n) is 5.99. The predicted molar refractivity (Wildman–Crippen MR) is 102 cm³/mol. The van der Waals surface area contributed by atoms with Crippen LogP contribution in [-0.4, -0.2) is 46.9 Å². The average Bonchev–Trinajstić information content (AvgIpc) is 2.62. The van der Waals surface area contributed by atoms with Gasteiger partial charge in [-0.25, -0.2) is 8.42 Å². The van der Waals surface area contributed by atoms with Crippen molar-refractivity contribution in [2.75, 3.05) is 42.8 Å². The second kappa shape index (κ2) is 7.65. The molecule has 1 amide bonds. The Kier molecular flexibility index (Phi) is 5.50. The molecule has 1 aliphatic heterocycles. The van der Waals surface area contributed by atoms with E-state index in [0.717, 1.165) is 11.9 Å². The van der Waals surface area contributed by atoms with Gasteiger partial charge in [-0.15, -0.1) is 0 Å². The van der Waals surface area contributed by atoms with E-state index in [1.807, 2.05) is 0 Å². The molecule has 0 aliphatic carbocycles. The summed E-state index contributed by atoms with van der Waals surface area (Å²) in [6, 6.07) is 11.2. The summed E-state index contributed by atoms with van der Waals surface area (Å²) in [6.07, 6.45) is 1.13. The molecule has 8 heteroatoms. The number of sulfone groups is 1. The molecule has 0 atom stereocenters. The Labute approximate surface area is 157 Å². The van der Waals surface area contributed by atoms with Crippen LogP contribution in [0.3, 0.4) is 0 Å². The van der Waals surface area contributed by atoms with Gasteiger partial charge in [-0.05, 0) is 36.4 Å². The first-order valence-corrected chi connectivity index (χ1v) is 10.4. The van der Waals surface area contributed by atoms with Gasteiger partial charge in [0.1, 0.15) is 0 Å². The molecule has 3 rings (SSSR count). The van der Waals surface area contributed by atoms with Crippen molar-refractivity contribution >= 4 is 38.7 Å². The number of carbonyl (C=O) groups is 1. The van der Waals surface area contributed by atoms with Crippen molar-refractivity contribution in [3.8, 4) is 0 Å². The van der Waals surface area contributed by atoms with Crippen LogP contribution in [0.15, 0.2) is 47.4 Å². The van der Waals surface area contributed by atoms with Crippen LogP contribution in [0.5, 0.6) is 0 Å². The molecule has 1 saturated heterocycles. The molecule has 2 aromatic rings. The zero-order valence-corrected chi connectivity index (χ0v) is 15.8. The van der Waals surface area contributed by atoms with Crippen LogP contribution >= 0.6 is 11.6 Å². The average molecular weight is 395 g/mol. The van der Waals surface area contributed by atoms with Crippen LogP contribution in [0.25, 0.3) is 0 Å². The van der Waals surface area contributed by atoms with Crippen molar-refractivity contribution in [1.29, 1.82) is 0 Å². The molecule has 1 heterocycles. The lowest BCUT2D eigenvalue weighted by Crippen LogP contribution is -2.37. The Morgan fingerprint density at radius 3 is 2.38 bits per heavy atom. The zero-order chi connectivity index (χ0) is 18.7. The van der Waals surface area contributed by atoms with Crippen LogP contribution in [-0.2, 0) is 14.6 Å². The van der Waals surface area contributed by atoms with E-state index in [0.29, 0.717) is 42.6 Å². The molecule has 26 heavy (non-hydrogen) atoms. The number of hydrogen-bond acceptors (Lipinski definition) is 5. The first-order valence-electron chi connectivity index (χ1n) is 8.09. The van der Waals surface area contributed by atoms with Gasteiger partial charge in [0.25, 0.3) is 5.91 Å². The number of anilines is 2. The highest BCUT2D eigenvalue weighted by molar-refractivity contribution is 7.90. The lowest BCUT2D eigenvalue weighted by Gasteiger charge is -2.31. The third-order valence-corrected chi connectivity index (χ3v) is 5.54. The molecule has 0 aromatic heterocycles. The standard InChI is InChI=1S/C18H19ClN2O4S/c1-26(23,24)14-7-5-13(6-8-14)18(22)20-16-4-2-3-15(19)17(16)21-9-11-25-12-10-21/h2-8H,9-12H2,1H3,(H,20,22). The fourth-order valence-corrected chi connectivity index (χ4v) is 3.70. The van der Waals surface area contributed by atoms with Gasteiger partial charge in [-0.1, -0.05) is 17.7 Å². The van der Waals surface area contributed by atoms with Gasteiger partial charge in [0.05, 0.1) is 34.5 Å². The Hall–Kier alpha value is -2.09. The molecule has 1 aliphatic rings. The number of carbonyl (C=O) groups excluding carboxylic acids is 1. The molecule has 0 spiro atoms. The minimum atomic E-state index is -3.30. The van der Waals surface area contributed by atoms with Gasteiger partial charge in [0.15, 0.2) is 9.84 Å². The topological polar surface area (TPSA) is 75.7 Å². The molecule has 0 saturated carbocycles. The van der Waals surface area contributed by atoms with Crippen LogP contribution < -0.4 is 10.2 Å². The van der Waals surface area contributed by atoms with Crippen molar-refractivity contribution in [3.05, 3.63) is 53.1 Å². The van der Waals surface area contributed by atoms with Crippen LogP contribution in [0.1, 0.15) is 10.4 Å². The number of morpholine rings is 1. The smallest absolute Gasteiger partial charge is 0.255 e. The SMILES string of the molecule is CS(=O)(=O)c1ccc(C(=O)Nc2cccc(Cl)c2N2CCOCC2)cc1. The summed E-state index contributed by atoms with van der Waals surface area (Å²) in [5.41, 5.74) is 1.74. The number of ether oxygens (including phenoxy) is 1. The number of rotatable bonds is 4. The maximum absolute atomic E-state index is 12.6. The Morgan fingerprint density at radius 2 is 1.77 bits per heavy atom. The number of benzene rings is 2. The maximum atomic E-state index is 12.6. The second-order valence-corrected chi connectivity index (χ2v) is 8.41. The van der Waals surface area contributed by atoms with Crippen LogP contribution in [0.4, 0.5) is 11.4 Å². The largest absolute Gasteiger partial charge is 0.378 e. The van der Waals surface area contributed by atoms with Gasteiger partial charge in [-0.2, -0.15) is 0 Å². The fraction of sp³-hybridized carbons (Fsp3) is 0.278. The highest BCUT2D eigenvalue weighted by atomic mass is 35.5. The highest BCUT2D eigenvalue weighted by Crippen LogP contribution is 2.34. The van der Waals surface area contributed by atoms with E-state index in [4.69, 9.17) is 16.3 Å². The molecular weight excluding hydrogens is 376 g/mol. The maximum Gasteiger partial charge on any atom is 0.255 e. The Morgan fingerprint density at radius 1 is 1.12 bits per heavy atom. The lowest BCUT2D eigenvalue weighted by atomic mass is 10.2. The normalized spacial score (nSPS) is 14.9. The Balaban J connectivity index is 1.84. The van der Waals surface area contributed by atoms with E-state index >= 15 is 0 Å². The molecule has 1 fully saturated rings. The number of nitrogens with one attached hydrogen (secondary N) is 1. The molecule has 0 bridgehead atoms. The van der Waals surface area contributed by atoms with Gasteiger partial charge in [0.2, 0.25) is 0 Å². The van der Waals surface area contributed by atoms with Gasteiger partial charge >= 0.3 is 0 Å². The predicted octanol–water partition coefficient (Wildman–Crippen LogP) is 2.83. The minimum absolute atomic E-state index is 0.172. The number of halogens is 1. The number of nitrogens with zero attached hydrogens (tertiary/aromatic N) is 1. The number of hydrogen-bond donors (Lipinski definition) is 1. The molecule has 2 aromatic carbocycles. The molecule has 6 nitrogen and oxygen atoms in total. The molecule has 138 valence electrons. The summed E-state index contributed by atoms with van der Waals surface area (Å²) in [7, 11) is -3.30. The quantitative estimate of drug-likeness (QED) is 0.862. The van der Waals surface area contributed by atoms with Crippen molar-refractivity contribution < 1.29 is 17.9 Å². The van der Waals surface area contributed by atoms with E-state index in [1.54, 1.807) is 18.2 Å². The van der Waals surface area contributed by atoms with E-state index in [9.17, 15) is 13.2 Å². The van der Waals surface area contributed by atoms with Crippen molar-refractivity contribution in [2.24, 2.45) is 0 Å². The van der Waals surface area contributed by atoms with E-state index < -0.39 is 9.84 Å². The van der Waals surface area contributed by atoms with Crippen molar-refractivity contribution in [3.63, 3.8) is 0 Å². The van der Waals surface area contributed by atoms with Gasteiger partial charge < -0.3 is 15.0 Å². The van der Waals surface area contributed by atoms with E-state index in [-0.39, 0.29) is 10.8 Å². The minimum Gasteiger partial charge on any atom is -0.378 e. The third-order valence-electron chi connectivity index (χ3n) is 4.11. The van der Waals surface area contributed by atoms with E-state index in [1.165, 1.54) is 24.3 Å². The summed E-state index contributed by atoms with van der Waals surface area (Å²) >= 11 is 6.36. The molecule has 0 unspecified atom stereocenters.